The van der Waals surface area contributed by atoms with Gasteiger partial charge in [-0.2, -0.15) is 0 Å². The molecule has 0 radical (unpaired) electrons. The first-order valence-corrected chi connectivity index (χ1v) is 5.61. The molecule has 0 bridgehead atoms. The number of rotatable bonds is 2. The van der Waals surface area contributed by atoms with E-state index < -0.39 is 17.7 Å². The number of carbonyl (C=O) groups excluding carboxylic acids is 3. The maximum Gasteiger partial charge on any atom is 0.323 e. The lowest BCUT2D eigenvalue weighted by Crippen LogP contribution is -2.48. The van der Waals surface area contributed by atoms with Gasteiger partial charge in [-0.1, -0.05) is 6.07 Å². The van der Waals surface area contributed by atoms with Gasteiger partial charge in [0.05, 0.1) is 5.69 Å². The van der Waals surface area contributed by atoms with Crippen LogP contribution in [0.4, 0.5) is 5.69 Å². The number of nitrogens with two attached hydrogens (primary N) is 1. The van der Waals surface area contributed by atoms with Crippen LogP contribution in [0, 0.1) is 0 Å². The van der Waals surface area contributed by atoms with Crippen molar-refractivity contribution in [2.45, 2.75) is 6.54 Å². The summed E-state index contributed by atoms with van der Waals surface area (Å²) in [5, 5.41) is 2.95. The van der Waals surface area contributed by atoms with Gasteiger partial charge in [0.25, 0.3) is 5.91 Å². The van der Waals surface area contributed by atoms with Crippen molar-refractivity contribution >= 4 is 23.4 Å². The molecule has 100 valence electrons. The number of imide groups is 1. The number of hydrogen-bond acceptors (Lipinski definition) is 5. The van der Waals surface area contributed by atoms with Crippen LogP contribution >= 0.6 is 0 Å². The maximum absolute atomic E-state index is 11.7. The zero-order chi connectivity index (χ0) is 14.0. The number of fused-ring (bicyclic) bond motifs is 1. The van der Waals surface area contributed by atoms with Gasteiger partial charge in [-0.05, 0) is 24.7 Å². The smallest absolute Gasteiger partial charge is 0.323 e. The number of carbonyl (C=O) groups is 3. The normalized spacial score (nSPS) is 13.7. The Labute approximate surface area is 109 Å². The number of nitrogens with one attached hydrogen (secondary N) is 1. The van der Waals surface area contributed by atoms with Crippen LogP contribution in [-0.2, 0) is 20.9 Å². The van der Waals surface area contributed by atoms with Crippen molar-refractivity contribution < 1.29 is 19.1 Å². The van der Waals surface area contributed by atoms with Crippen LogP contribution in [0.15, 0.2) is 18.2 Å². The molecular formula is C12H13N3O4. The lowest BCUT2D eigenvalue weighted by Gasteiger charge is -2.27. The second-order valence-corrected chi connectivity index (χ2v) is 4.02. The SMILES string of the molecule is CNCc1ccc2c(c1)N(C(=O)C(N)=O)C(=O)CO2. The predicted molar refractivity (Wildman–Crippen MR) is 66.4 cm³/mol. The standard InChI is InChI=1S/C12H13N3O4/c1-14-5-7-2-3-9-8(4-7)15(10(16)6-19-9)12(18)11(13)17/h2-4,14H,5-6H2,1H3,(H2,13,17). The molecule has 7 nitrogen and oxygen atoms in total. The van der Waals surface area contributed by atoms with E-state index in [1.54, 1.807) is 25.2 Å². The molecule has 1 aromatic carbocycles. The number of ether oxygens (including phenoxy) is 1. The van der Waals surface area contributed by atoms with E-state index >= 15 is 0 Å². The molecule has 0 atom stereocenters. The summed E-state index contributed by atoms with van der Waals surface area (Å²) in [6, 6.07) is 5.07. The van der Waals surface area contributed by atoms with Gasteiger partial charge in [-0.25, -0.2) is 4.90 Å². The minimum absolute atomic E-state index is 0.243. The van der Waals surface area contributed by atoms with Crippen molar-refractivity contribution in [1.29, 1.82) is 0 Å². The van der Waals surface area contributed by atoms with E-state index in [0.29, 0.717) is 12.3 Å². The average Bonchev–Trinajstić information content (AvgIpc) is 2.38. The fraction of sp³-hybridized carbons (Fsp3) is 0.250. The molecule has 19 heavy (non-hydrogen) atoms. The molecule has 3 amide bonds. The van der Waals surface area contributed by atoms with E-state index in [-0.39, 0.29) is 12.3 Å². The van der Waals surface area contributed by atoms with Crippen molar-refractivity contribution in [3.8, 4) is 5.75 Å². The van der Waals surface area contributed by atoms with Gasteiger partial charge in [0, 0.05) is 6.54 Å². The fourth-order valence-corrected chi connectivity index (χ4v) is 1.85. The van der Waals surface area contributed by atoms with E-state index in [9.17, 15) is 14.4 Å². The van der Waals surface area contributed by atoms with E-state index in [1.165, 1.54) is 0 Å². The molecule has 0 aromatic heterocycles. The number of benzene rings is 1. The monoisotopic (exact) mass is 263 g/mol. The molecule has 1 aliphatic rings. The van der Waals surface area contributed by atoms with E-state index in [1.807, 2.05) is 0 Å². The van der Waals surface area contributed by atoms with Crippen molar-refractivity contribution in [2.24, 2.45) is 5.73 Å². The van der Waals surface area contributed by atoms with Crippen LogP contribution in [0.5, 0.6) is 5.75 Å². The highest BCUT2D eigenvalue weighted by Crippen LogP contribution is 2.33. The Morgan fingerprint density at radius 3 is 2.84 bits per heavy atom. The largest absolute Gasteiger partial charge is 0.482 e. The lowest BCUT2D eigenvalue weighted by molar-refractivity contribution is -0.138. The minimum atomic E-state index is -1.18. The predicted octanol–water partition coefficient (Wildman–Crippen LogP) is -0.857. The third-order valence-electron chi connectivity index (χ3n) is 2.66. The fourth-order valence-electron chi connectivity index (χ4n) is 1.85. The Bertz CT molecular complexity index is 556. The van der Waals surface area contributed by atoms with Crippen LogP contribution < -0.4 is 20.7 Å². The quantitative estimate of drug-likeness (QED) is 0.676. The first-order valence-electron chi connectivity index (χ1n) is 5.61. The van der Waals surface area contributed by atoms with Gasteiger partial charge in [-0.15, -0.1) is 0 Å². The summed E-state index contributed by atoms with van der Waals surface area (Å²) in [7, 11) is 1.77. The highest BCUT2D eigenvalue weighted by atomic mass is 16.5. The molecule has 1 heterocycles. The first-order chi connectivity index (χ1) is 9.04. The third-order valence-corrected chi connectivity index (χ3v) is 2.66. The molecular weight excluding hydrogens is 250 g/mol. The summed E-state index contributed by atoms with van der Waals surface area (Å²) in [4.78, 5) is 35.2. The van der Waals surface area contributed by atoms with Crippen molar-refractivity contribution in [3.05, 3.63) is 23.8 Å². The Hall–Kier alpha value is -2.41. The lowest BCUT2D eigenvalue weighted by atomic mass is 10.1. The van der Waals surface area contributed by atoms with Gasteiger partial charge in [-0.3, -0.25) is 14.4 Å². The average molecular weight is 263 g/mol. The molecule has 1 aliphatic heterocycles. The zero-order valence-corrected chi connectivity index (χ0v) is 10.3. The van der Waals surface area contributed by atoms with Crippen molar-refractivity contribution in [1.82, 2.24) is 5.32 Å². The Kier molecular flexibility index (Phi) is 3.48. The van der Waals surface area contributed by atoms with E-state index in [4.69, 9.17) is 10.5 Å². The van der Waals surface area contributed by atoms with Crippen LogP contribution in [0.3, 0.4) is 0 Å². The summed E-state index contributed by atoms with van der Waals surface area (Å²) >= 11 is 0. The summed E-state index contributed by atoms with van der Waals surface area (Å²) in [5.41, 5.74) is 6.04. The van der Waals surface area contributed by atoms with Gasteiger partial charge in [0.15, 0.2) is 6.61 Å². The molecule has 0 saturated carbocycles. The summed E-state index contributed by atoms with van der Waals surface area (Å²) in [5.74, 6) is -2.48. The number of amides is 3. The molecule has 1 aromatic rings. The van der Waals surface area contributed by atoms with Crippen molar-refractivity contribution in [2.75, 3.05) is 18.6 Å². The first kappa shape index (κ1) is 13.0. The van der Waals surface area contributed by atoms with E-state index in [0.717, 1.165) is 10.5 Å². The second-order valence-electron chi connectivity index (χ2n) is 4.02. The van der Waals surface area contributed by atoms with Crippen LogP contribution in [0.2, 0.25) is 0 Å². The number of nitrogens with zero attached hydrogens (tertiary/aromatic N) is 1. The summed E-state index contributed by atoms with van der Waals surface area (Å²) in [6.45, 7) is 0.261. The molecule has 3 N–H and O–H groups in total. The Morgan fingerprint density at radius 1 is 1.47 bits per heavy atom. The van der Waals surface area contributed by atoms with Gasteiger partial charge >= 0.3 is 11.8 Å². The maximum atomic E-state index is 11.7. The highest BCUT2D eigenvalue weighted by Gasteiger charge is 2.33. The molecule has 0 fully saturated rings. The highest BCUT2D eigenvalue weighted by molar-refractivity contribution is 6.45. The molecule has 0 saturated heterocycles. The zero-order valence-electron chi connectivity index (χ0n) is 10.3. The molecule has 7 heteroatoms. The van der Waals surface area contributed by atoms with Crippen LogP contribution in [0.1, 0.15) is 5.56 Å². The van der Waals surface area contributed by atoms with Gasteiger partial charge < -0.3 is 15.8 Å². The Morgan fingerprint density at radius 2 is 2.21 bits per heavy atom. The van der Waals surface area contributed by atoms with Crippen LogP contribution in [-0.4, -0.2) is 31.4 Å². The molecule has 0 aliphatic carbocycles. The minimum Gasteiger partial charge on any atom is -0.482 e. The van der Waals surface area contributed by atoms with Crippen LogP contribution in [0.25, 0.3) is 0 Å². The molecule has 0 unspecified atom stereocenters. The molecule has 2 rings (SSSR count). The van der Waals surface area contributed by atoms with E-state index in [2.05, 4.69) is 5.32 Å². The number of primary amides is 1. The summed E-state index contributed by atoms with van der Waals surface area (Å²) < 4.78 is 5.21. The van der Waals surface area contributed by atoms with Gasteiger partial charge in [0.2, 0.25) is 0 Å². The number of hydrogen-bond donors (Lipinski definition) is 2. The third kappa shape index (κ3) is 2.41. The topological polar surface area (TPSA) is 102 Å². The second kappa shape index (κ2) is 5.07. The number of anilines is 1. The van der Waals surface area contributed by atoms with Crippen molar-refractivity contribution in [3.63, 3.8) is 0 Å². The Balaban J connectivity index is 2.46. The van der Waals surface area contributed by atoms with Gasteiger partial charge in [0.1, 0.15) is 5.75 Å². The molecule has 0 spiro atoms. The summed E-state index contributed by atoms with van der Waals surface area (Å²) in [6.07, 6.45) is 0.